The lowest BCUT2D eigenvalue weighted by Gasteiger charge is -2.00. The Labute approximate surface area is 66.5 Å². The zero-order valence-electron chi connectivity index (χ0n) is 6.46. The van der Waals surface area contributed by atoms with Crippen LogP contribution in [0, 0.1) is 11.3 Å². The van der Waals surface area contributed by atoms with Crippen molar-refractivity contribution in [1.82, 2.24) is 0 Å². The minimum absolute atomic E-state index is 0.701. The van der Waals surface area contributed by atoms with E-state index in [4.69, 9.17) is 5.26 Å². The lowest BCUT2D eigenvalue weighted by Crippen LogP contribution is -1.95. The van der Waals surface area contributed by atoms with Gasteiger partial charge in [0, 0.05) is 12.2 Å². The summed E-state index contributed by atoms with van der Waals surface area (Å²) in [7, 11) is 0. The molecule has 0 aliphatic rings. The Morgan fingerprint density at radius 3 is 2.45 bits per heavy atom. The third-order valence-electron chi connectivity index (χ3n) is 1.39. The van der Waals surface area contributed by atoms with Crippen LogP contribution in [0.15, 0.2) is 24.3 Å². The third kappa shape index (κ3) is 1.98. The van der Waals surface area contributed by atoms with Crippen LogP contribution in [0.1, 0.15) is 12.5 Å². The Morgan fingerprint density at radius 1 is 1.36 bits per heavy atom. The zero-order valence-corrected chi connectivity index (χ0v) is 6.46. The quantitative estimate of drug-likeness (QED) is 0.692. The summed E-state index contributed by atoms with van der Waals surface area (Å²) in [6, 6.07) is 9.49. The molecule has 0 saturated heterocycles. The molecule has 0 unspecified atom stereocenters. The molecule has 0 amide bonds. The number of hydrogen-bond donors (Lipinski definition) is 1. The SMILES string of the molecule is CCNc1ccc(C#N)cc1. The van der Waals surface area contributed by atoms with Gasteiger partial charge in [0.1, 0.15) is 0 Å². The number of nitrogens with zero attached hydrogens (tertiary/aromatic N) is 1. The minimum atomic E-state index is 0.701. The van der Waals surface area contributed by atoms with E-state index in [1.165, 1.54) is 0 Å². The number of benzene rings is 1. The van der Waals surface area contributed by atoms with Crippen LogP contribution in [-0.2, 0) is 0 Å². The number of nitriles is 1. The van der Waals surface area contributed by atoms with E-state index in [-0.39, 0.29) is 0 Å². The molecule has 0 aliphatic carbocycles. The van der Waals surface area contributed by atoms with Crippen molar-refractivity contribution in [2.45, 2.75) is 6.92 Å². The van der Waals surface area contributed by atoms with Crippen molar-refractivity contribution >= 4 is 5.69 Å². The summed E-state index contributed by atoms with van der Waals surface area (Å²) < 4.78 is 0. The standard InChI is InChI=1S/C9H10N2/c1-2-11-9-5-3-8(7-10)4-6-9/h3-6,11H,2H2,1H3. The summed E-state index contributed by atoms with van der Waals surface area (Å²) in [6.07, 6.45) is 0. The Morgan fingerprint density at radius 2 is 2.00 bits per heavy atom. The lowest BCUT2D eigenvalue weighted by molar-refractivity contribution is 1.21. The smallest absolute Gasteiger partial charge is 0.0991 e. The maximum absolute atomic E-state index is 8.49. The Hall–Kier alpha value is -1.49. The molecule has 1 aromatic rings. The van der Waals surface area contributed by atoms with E-state index in [0.29, 0.717) is 5.56 Å². The van der Waals surface area contributed by atoms with Crippen molar-refractivity contribution in [3.63, 3.8) is 0 Å². The molecule has 2 heteroatoms. The van der Waals surface area contributed by atoms with Crippen LogP contribution in [0.5, 0.6) is 0 Å². The average Bonchev–Trinajstić information content (AvgIpc) is 2.07. The molecule has 0 aliphatic heterocycles. The summed E-state index contributed by atoms with van der Waals surface area (Å²) in [5.41, 5.74) is 1.76. The predicted octanol–water partition coefficient (Wildman–Crippen LogP) is 1.99. The summed E-state index contributed by atoms with van der Waals surface area (Å²) in [5.74, 6) is 0. The van der Waals surface area contributed by atoms with Gasteiger partial charge in [0.05, 0.1) is 11.6 Å². The maximum Gasteiger partial charge on any atom is 0.0991 e. The molecular weight excluding hydrogens is 136 g/mol. The molecule has 0 saturated carbocycles. The fourth-order valence-electron chi connectivity index (χ4n) is 0.867. The van der Waals surface area contributed by atoms with Crippen molar-refractivity contribution in [3.05, 3.63) is 29.8 Å². The first kappa shape index (κ1) is 7.62. The first-order valence-electron chi connectivity index (χ1n) is 3.61. The highest BCUT2D eigenvalue weighted by molar-refractivity contribution is 5.46. The average molecular weight is 146 g/mol. The van der Waals surface area contributed by atoms with E-state index in [0.717, 1.165) is 12.2 Å². The second-order valence-corrected chi connectivity index (χ2v) is 2.22. The van der Waals surface area contributed by atoms with Crippen LogP contribution >= 0.6 is 0 Å². The largest absolute Gasteiger partial charge is 0.385 e. The molecule has 0 aromatic heterocycles. The molecule has 0 spiro atoms. The first-order valence-corrected chi connectivity index (χ1v) is 3.61. The van der Waals surface area contributed by atoms with Gasteiger partial charge in [0.25, 0.3) is 0 Å². The lowest BCUT2D eigenvalue weighted by atomic mass is 10.2. The van der Waals surface area contributed by atoms with Crippen LogP contribution in [0.4, 0.5) is 5.69 Å². The molecule has 0 bridgehead atoms. The second kappa shape index (κ2) is 3.62. The van der Waals surface area contributed by atoms with Gasteiger partial charge < -0.3 is 5.32 Å². The summed E-state index contributed by atoms with van der Waals surface area (Å²) in [5, 5.41) is 11.6. The topological polar surface area (TPSA) is 35.8 Å². The van der Waals surface area contributed by atoms with Gasteiger partial charge in [0.15, 0.2) is 0 Å². The summed E-state index contributed by atoms with van der Waals surface area (Å²) in [6.45, 7) is 2.95. The molecule has 56 valence electrons. The summed E-state index contributed by atoms with van der Waals surface area (Å²) in [4.78, 5) is 0. The van der Waals surface area contributed by atoms with Crippen LogP contribution in [0.3, 0.4) is 0 Å². The molecular formula is C9H10N2. The van der Waals surface area contributed by atoms with E-state index in [1.807, 2.05) is 19.1 Å². The highest BCUT2D eigenvalue weighted by Crippen LogP contribution is 2.07. The van der Waals surface area contributed by atoms with Crippen LogP contribution in [-0.4, -0.2) is 6.54 Å². The first-order chi connectivity index (χ1) is 5.36. The van der Waals surface area contributed by atoms with Gasteiger partial charge in [-0.1, -0.05) is 0 Å². The Balaban J connectivity index is 2.76. The number of nitrogens with one attached hydrogen (secondary N) is 1. The monoisotopic (exact) mass is 146 g/mol. The van der Waals surface area contributed by atoms with Gasteiger partial charge in [-0.25, -0.2) is 0 Å². The fourth-order valence-corrected chi connectivity index (χ4v) is 0.867. The predicted molar refractivity (Wildman–Crippen MR) is 45.3 cm³/mol. The third-order valence-corrected chi connectivity index (χ3v) is 1.39. The van der Waals surface area contributed by atoms with Crippen molar-refractivity contribution < 1.29 is 0 Å². The van der Waals surface area contributed by atoms with E-state index >= 15 is 0 Å². The highest BCUT2D eigenvalue weighted by atomic mass is 14.8. The van der Waals surface area contributed by atoms with E-state index in [2.05, 4.69) is 11.4 Å². The highest BCUT2D eigenvalue weighted by Gasteiger charge is 1.89. The molecule has 1 rings (SSSR count). The van der Waals surface area contributed by atoms with Crippen LogP contribution in [0.2, 0.25) is 0 Å². The van der Waals surface area contributed by atoms with Crippen molar-refractivity contribution in [3.8, 4) is 6.07 Å². The fraction of sp³-hybridized carbons (Fsp3) is 0.222. The van der Waals surface area contributed by atoms with Gasteiger partial charge in [-0.3, -0.25) is 0 Å². The molecule has 0 fully saturated rings. The van der Waals surface area contributed by atoms with Gasteiger partial charge in [-0.15, -0.1) is 0 Å². The molecule has 2 nitrogen and oxygen atoms in total. The van der Waals surface area contributed by atoms with Crippen LogP contribution in [0.25, 0.3) is 0 Å². The normalized spacial score (nSPS) is 8.73. The van der Waals surface area contributed by atoms with E-state index in [9.17, 15) is 0 Å². The molecule has 0 atom stereocenters. The molecule has 1 aromatic carbocycles. The second-order valence-electron chi connectivity index (χ2n) is 2.22. The van der Waals surface area contributed by atoms with Gasteiger partial charge in [0.2, 0.25) is 0 Å². The van der Waals surface area contributed by atoms with Crippen molar-refractivity contribution in [1.29, 1.82) is 5.26 Å². The number of rotatable bonds is 2. The van der Waals surface area contributed by atoms with Gasteiger partial charge >= 0.3 is 0 Å². The maximum atomic E-state index is 8.49. The Bertz CT molecular complexity index is 256. The summed E-state index contributed by atoms with van der Waals surface area (Å²) >= 11 is 0. The minimum Gasteiger partial charge on any atom is -0.385 e. The molecule has 11 heavy (non-hydrogen) atoms. The van der Waals surface area contributed by atoms with Crippen molar-refractivity contribution in [2.75, 3.05) is 11.9 Å². The molecule has 0 heterocycles. The zero-order chi connectivity index (χ0) is 8.10. The molecule has 0 radical (unpaired) electrons. The number of hydrogen-bond acceptors (Lipinski definition) is 2. The van der Waals surface area contributed by atoms with E-state index in [1.54, 1.807) is 12.1 Å². The Kier molecular flexibility index (Phi) is 2.51. The van der Waals surface area contributed by atoms with E-state index < -0.39 is 0 Å². The van der Waals surface area contributed by atoms with Gasteiger partial charge in [-0.2, -0.15) is 5.26 Å². The molecule has 1 N–H and O–H groups in total. The number of anilines is 1. The van der Waals surface area contributed by atoms with Crippen LogP contribution < -0.4 is 5.32 Å². The van der Waals surface area contributed by atoms with Crippen molar-refractivity contribution in [2.24, 2.45) is 0 Å². The van der Waals surface area contributed by atoms with Gasteiger partial charge in [-0.05, 0) is 31.2 Å².